The summed E-state index contributed by atoms with van der Waals surface area (Å²) in [6.45, 7) is 2.70. The van der Waals surface area contributed by atoms with Crippen LogP contribution < -0.4 is 4.74 Å². The van der Waals surface area contributed by atoms with E-state index in [4.69, 9.17) is 9.47 Å². The number of ether oxygens (including phenoxy) is 2. The van der Waals surface area contributed by atoms with Crippen molar-refractivity contribution in [1.29, 1.82) is 0 Å². The number of benzene rings is 2. The third kappa shape index (κ3) is 1.65. The van der Waals surface area contributed by atoms with Gasteiger partial charge in [0.1, 0.15) is 11.5 Å². The van der Waals surface area contributed by atoms with Crippen LogP contribution in [0, 0.1) is 0 Å². The van der Waals surface area contributed by atoms with Crippen LogP contribution in [0.25, 0.3) is 16.8 Å². The van der Waals surface area contributed by atoms with Gasteiger partial charge in [-0.3, -0.25) is 0 Å². The van der Waals surface area contributed by atoms with Crippen molar-refractivity contribution in [3.05, 3.63) is 47.2 Å². The average molecular weight is 240 g/mol. The van der Waals surface area contributed by atoms with E-state index in [1.54, 1.807) is 7.11 Å². The van der Waals surface area contributed by atoms with Crippen LogP contribution in [0.5, 0.6) is 5.75 Å². The van der Waals surface area contributed by atoms with E-state index in [1.165, 1.54) is 21.9 Å². The molecule has 2 aromatic rings. The fourth-order valence-electron chi connectivity index (χ4n) is 2.58. The van der Waals surface area contributed by atoms with E-state index in [0.29, 0.717) is 6.61 Å². The number of hydrogen-bond donors (Lipinski definition) is 0. The zero-order valence-electron chi connectivity index (χ0n) is 10.7. The summed E-state index contributed by atoms with van der Waals surface area (Å²) < 4.78 is 11.1. The van der Waals surface area contributed by atoms with Crippen LogP contribution >= 0.6 is 0 Å². The molecule has 0 fully saturated rings. The standard InChI is InChI=1S/C16H16O2/c1-3-18-15-8-7-12-10-13(17-2)9-11-5-4-6-14(15)16(11)12/h4-8,10H,3,9H2,1-2H3. The van der Waals surface area contributed by atoms with Crippen molar-refractivity contribution in [1.82, 2.24) is 0 Å². The first-order valence-corrected chi connectivity index (χ1v) is 6.25. The van der Waals surface area contributed by atoms with Crippen molar-refractivity contribution in [3.63, 3.8) is 0 Å². The topological polar surface area (TPSA) is 18.5 Å². The minimum absolute atomic E-state index is 0.692. The van der Waals surface area contributed by atoms with E-state index in [0.717, 1.165) is 17.9 Å². The normalized spacial score (nSPS) is 13.3. The molecule has 2 aromatic carbocycles. The molecule has 0 N–H and O–H groups in total. The molecule has 0 bridgehead atoms. The van der Waals surface area contributed by atoms with Gasteiger partial charge in [0, 0.05) is 11.8 Å². The van der Waals surface area contributed by atoms with Gasteiger partial charge in [-0.05, 0) is 35.6 Å². The van der Waals surface area contributed by atoms with E-state index in [1.807, 2.05) is 13.0 Å². The number of allylic oxidation sites excluding steroid dienone is 1. The SMILES string of the molecule is CCOc1ccc2c3c(cccc13)CC(OC)=C2. The van der Waals surface area contributed by atoms with Crippen LogP contribution in [-0.4, -0.2) is 13.7 Å². The van der Waals surface area contributed by atoms with E-state index in [9.17, 15) is 0 Å². The second kappa shape index (κ2) is 4.37. The quantitative estimate of drug-likeness (QED) is 0.812. The van der Waals surface area contributed by atoms with Gasteiger partial charge >= 0.3 is 0 Å². The molecule has 3 rings (SSSR count). The van der Waals surface area contributed by atoms with E-state index < -0.39 is 0 Å². The Morgan fingerprint density at radius 1 is 1.17 bits per heavy atom. The fraction of sp³-hybridized carbons (Fsp3) is 0.250. The zero-order chi connectivity index (χ0) is 12.5. The van der Waals surface area contributed by atoms with E-state index in [-0.39, 0.29) is 0 Å². The Bertz CT molecular complexity index is 626. The van der Waals surface area contributed by atoms with Crippen LogP contribution in [0.15, 0.2) is 36.1 Å². The minimum atomic E-state index is 0.692. The highest BCUT2D eigenvalue weighted by Crippen LogP contribution is 2.36. The molecule has 0 unspecified atom stereocenters. The van der Waals surface area contributed by atoms with Gasteiger partial charge < -0.3 is 9.47 Å². The third-order valence-corrected chi connectivity index (χ3v) is 3.36. The molecule has 2 nitrogen and oxygen atoms in total. The van der Waals surface area contributed by atoms with Gasteiger partial charge in [-0.1, -0.05) is 24.3 Å². The summed E-state index contributed by atoms with van der Waals surface area (Å²) in [5.74, 6) is 1.98. The second-order valence-corrected chi connectivity index (χ2v) is 4.42. The van der Waals surface area contributed by atoms with Gasteiger partial charge in [-0.25, -0.2) is 0 Å². The van der Waals surface area contributed by atoms with Crippen molar-refractivity contribution in [3.8, 4) is 5.75 Å². The predicted octanol–water partition coefficient (Wildman–Crippen LogP) is 3.78. The molecule has 0 saturated heterocycles. The Morgan fingerprint density at radius 2 is 2.06 bits per heavy atom. The third-order valence-electron chi connectivity index (χ3n) is 3.36. The average Bonchev–Trinajstić information content (AvgIpc) is 2.42. The van der Waals surface area contributed by atoms with Crippen LogP contribution in [0.4, 0.5) is 0 Å². The summed E-state index contributed by atoms with van der Waals surface area (Å²) >= 11 is 0. The summed E-state index contributed by atoms with van der Waals surface area (Å²) in [7, 11) is 1.73. The van der Waals surface area contributed by atoms with Crippen molar-refractivity contribution >= 4 is 16.8 Å². The maximum absolute atomic E-state index is 5.70. The van der Waals surface area contributed by atoms with Gasteiger partial charge in [0.15, 0.2) is 0 Å². The van der Waals surface area contributed by atoms with Crippen LogP contribution in [0.1, 0.15) is 18.1 Å². The molecule has 2 heteroatoms. The van der Waals surface area contributed by atoms with E-state index >= 15 is 0 Å². The molecule has 0 aliphatic heterocycles. The molecular weight excluding hydrogens is 224 g/mol. The first-order chi connectivity index (χ1) is 8.83. The molecule has 0 radical (unpaired) electrons. The molecular formula is C16H16O2. The lowest BCUT2D eigenvalue weighted by Gasteiger charge is -2.18. The van der Waals surface area contributed by atoms with Gasteiger partial charge in [-0.15, -0.1) is 0 Å². The van der Waals surface area contributed by atoms with Crippen LogP contribution in [0.3, 0.4) is 0 Å². The van der Waals surface area contributed by atoms with Crippen molar-refractivity contribution in [2.75, 3.05) is 13.7 Å². The Morgan fingerprint density at radius 3 is 2.83 bits per heavy atom. The maximum Gasteiger partial charge on any atom is 0.127 e. The Labute approximate surface area is 107 Å². The summed E-state index contributed by atoms with van der Waals surface area (Å²) in [6.07, 6.45) is 2.97. The summed E-state index contributed by atoms with van der Waals surface area (Å²) in [5, 5.41) is 2.49. The summed E-state index contributed by atoms with van der Waals surface area (Å²) in [5.41, 5.74) is 2.52. The Balaban J connectivity index is 2.28. The lowest BCUT2D eigenvalue weighted by molar-refractivity contribution is 0.287. The van der Waals surface area contributed by atoms with Gasteiger partial charge in [0.25, 0.3) is 0 Å². The monoisotopic (exact) mass is 240 g/mol. The Hall–Kier alpha value is -1.96. The van der Waals surface area contributed by atoms with Gasteiger partial charge in [0.05, 0.1) is 13.7 Å². The molecule has 0 spiro atoms. The molecule has 1 aliphatic carbocycles. The fourth-order valence-corrected chi connectivity index (χ4v) is 2.58. The highest BCUT2D eigenvalue weighted by Gasteiger charge is 2.15. The highest BCUT2D eigenvalue weighted by atomic mass is 16.5. The number of rotatable bonds is 3. The van der Waals surface area contributed by atoms with Crippen LogP contribution in [-0.2, 0) is 11.2 Å². The molecule has 0 aromatic heterocycles. The summed E-state index contributed by atoms with van der Waals surface area (Å²) in [6, 6.07) is 10.5. The predicted molar refractivity (Wildman–Crippen MR) is 73.8 cm³/mol. The van der Waals surface area contributed by atoms with Crippen molar-refractivity contribution in [2.24, 2.45) is 0 Å². The van der Waals surface area contributed by atoms with Crippen molar-refractivity contribution in [2.45, 2.75) is 13.3 Å². The molecule has 0 atom stereocenters. The lowest BCUT2D eigenvalue weighted by Crippen LogP contribution is -2.02. The number of methoxy groups -OCH3 is 1. The first kappa shape index (κ1) is 11.1. The zero-order valence-corrected chi connectivity index (χ0v) is 10.7. The molecule has 18 heavy (non-hydrogen) atoms. The molecule has 1 aliphatic rings. The highest BCUT2D eigenvalue weighted by molar-refractivity contribution is 5.99. The largest absolute Gasteiger partial charge is 0.501 e. The maximum atomic E-state index is 5.70. The smallest absolute Gasteiger partial charge is 0.127 e. The Kier molecular flexibility index (Phi) is 2.71. The molecule has 0 amide bonds. The summed E-state index contributed by atoms with van der Waals surface area (Å²) in [4.78, 5) is 0. The lowest BCUT2D eigenvalue weighted by atomic mass is 9.92. The minimum Gasteiger partial charge on any atom is -0.501 e. The second-order valence-electron chi connectivity index (χ2n) is 4.42. The molecule has 92 valence electrons. The van der Waals surface area contributed by atoms with Gasteiger partial charge in [0.2, 0.25) is 0 Å². The van der Waals surface area contributed by atoms with Crippen LogP contribution in [0.2, 0.25) is 0 Å². The molecule has 0 heterocycles. The van der Waals surface area contributed by atoms with Gasteiger partial charge in [-0.2, -0.15) is 0 Å². The number of hydrogen-bond acceptors (Lipinski definition) is 2. The van der Waals surface area contributed by atoms with Crippen molar-refractivity contribution < 1.29 is 9.47 Å². The first-order valence-electron chi connectivity index (χ1n) is 6.25. The molecule has 0 saturated carbocycles. The van der Waals surface area contributed by atoms with E-state index in [2.05, 4.69) is 30.3 Å².